The molecule has 102 valence electrons. The fourth-order valence-corrected chi connectivity index (χ4v) is 2.46. The molecule has 0 spiro atoms. The Morgan fingerprint density at radius 3 is 2.40 bits per heavy atom. The standard InChI is InChI=1S/C16H12F3N/c1-11-9-12-5-2-3-8-15(12)20(11)14-7-4-6-13(10-14)16(17,18)19/h2-10H,1H3. The summed E-state index contributed by atoms with van der Waals surface area (Å²) in [5, 5.41) is 1.02. The predicted molar refractivity (Wildman–Crippen MR) is 73.0 cm³/mol. The molecule has 2 aromatic carbocycles. The maximum atomic E-state index is 12.8. The van der Waals surface area contributed by atoms with Gasteiger partial charge in [0.2, 0.25) is 0 Å². The van der Waals surface area contributed by atoms with Crippen LogP contribution in [0.5, 0.6) is 0 Å². The molecular weight excluding hydrogens is 263 g/mol. The van der Waals surface area contributed by atoms with Crippen LogP contribution >= 0.6 is 0 Å². The second-order valence-corrected chi connectivity index (χ2v) is 4.73. The molecule has 1 heterocycles. The van der Waals surface area contributed by atoms with Crippen molar-refractivity contribution in [3.8, 4) is 5.69 Å². The van der Waals surface area contributed by atoms with E-state index in [1.165, 1.54) is 12.1 Å². The highest BCUT2D eigenvalue weighted by Gasteiger charge is 2.30. The lowest BCUT2D eigenvalue weighted by Gasteiger charge is -2.12. The first-order valence-corrected chi connectivity index (χ1v) is 6.21. The number of fused-ring (bicyclic) bond motifs is 1. The lowest BCUT2D eigenvalue weighted by Crippen LogP contribution is -2.06. The van der Waals surface area contributed by atoms with E-state index in [9.17, 15) is 13.2 Å². The highest BCUT2D eigenvalue weighted by Crippen LogP contribution is 2.32. The number of alkyl halides is 3. The van der Waals surface area contributed by atoms with Gasteiger partial charge in [-0.3, -0.25) is 0 Å². The third-order valence-electron chi connectivity index (χ3n) is 3.33. The van der Waals surface area contributed by atoms with E-state index in [1.54, 1.807) is 6.07 Å². The summed E-state index contributed by atoms with van der Waals surface area (Å²) in [7, 11) is 0. The minimum Gasteiger partial charge on any atom is -0.314 e. The minimum atomic E-state index is -4.33. The first-order chi connectivity index (χ1) is 9.47. The van der Waals surface area contributed by atoms with Crippen molar-refractivity contribution in [2.45, 2.75) is 13.1 Å². The van der Waals surface area contributed by atoms with Crippen molar-refractivity contribution in [1.29, 1.82) is 0 Å². The van der Waals surface area contributed by atoms with Gasteiger partial charge in [0.15, 0.2) is 0 Å². The molecule has 0 fully saturated rings. The topological polar surface area (TPSA) is 4.93 Å². The molecule has 0 saturated carbocycles. The van der Waals surface area contributed by atoms with E-state index in [0.717, 1.165) is 22.7 Å². The number of nitrogens with zero attached hydrogens (tertiary/aromatic N) is 1. The number of aromatic nitrogens is 1. The lowest BCUT2D eigenvalue weighted by atomic mass is 10.2. The van der Waals surface area contributed by atoms with Gasteiger partial charge in [0.1, 0.15) is 0 Å². The summed E-state index contributed by atoms with van der Waals surface area (Å²) in [6.45, 7) is 1.89. The molecule has 0 unspecified atom stereocenters. The van der Waals surface area contributed by atoms with Crippen LogP contribution in [0.15, 0.2) is 54.6 Å². The van der Waals surface area contributed by atoms with E-state index in [4.69, 9.17) is 0 Å². The van der Waals surface area contributed by atoms with Gasteiger partial charge in [0.25, 0.3) is 0 Å². The van der Waals surface area contributed by atoms with E-state index in [2.05, 4.69) is 0 Å². The highest BCUT2D eigenvalue weighted by atomic mass is 19.4. The SMILES string of the molecule is Cc1cc2ccccc2n1-c1cccc(C(F)(F)F)c1. The molecule has 3 rings (SSSR count). The van der Waals surface area contributed by atoms with Crippen LogP contribution in [0.2, 0.25) is 0 Å². The van der Waals surface area contributed by atoms with Crippen LogP contribution in [0, 0.1) is 6.92 Å². The van der Waals surface area contributed by atoms with Gasteiger partial charge < -0.3 is 4.57 Å². The van der Waals surface area contributed by atoms with E-state index in [1.807, 2.05) is 41.8 Å². The van der Waals surface area contributed by atoms with Crippen LogP contribution in [-0.2, 0) is 6.18 Å². The third-order valence-corrected chi connectivity index (χ3v) is 3.33. The maximum absolute atomic E-state index is 12.8. The molecule has 0 aliphatic heterocycles. The number of rotatable bonds is 1. The second kappa shape index (κ2) is 4.40. The van der Waals surface area contributed by atoms with Crippen LogP contribution in [0.3, 0.4) is 0 Å². The quantitative estimate of drug-likeness (QED) is 0.591. The van der Waals surface area contributed by atoms with Crippen LogP contribution in [0.1, 0.15) is 11.3 Å². The molecule has 4 heteroatoms. The van der Waals surface area contributed by atoms with Crippen LogP contribution in [-0.4, -0.2) is 4.57 Å². The van der Waals surface area contributed by atoms with Crippen molar-refractivity contribution in [3.05, 3.63) is 65.9 Å². The van der Waals surface area contributed by atoms with Crippen LogP contribution in [0.4, 0.5) is 13.2 Å². The molecule has 0 bridgehead atoms. The molecule has 0 aliphatic carbocycles. The van der Waals surface area contributed by atoms with Gasteiger partial charge in [-0.25, -0.2) is 0 Å². The monoisotopic (exact) mass is 275 g/mol. The van der Waals surface area contributed by atoms with Crippen molar-refractivity contribution < 1.29 is 13.2 Å². The van der Waals surface area contributed by atoms with Crippen molar-refractivity contribution in [2.75, 3.05) is 0 Å². The van der Waals surface area contributed by atoms with Gasteiger partial charge in [-0.15, -0.1) is 0 Å². The zero-order chi connectivity index (χ0) is 14.3. The van der Waals surface area contributed by atoms with Gasteiger partial charge in [-0.1, -0.05) is 24.3 Å². The Balaban J connectivity index is 2.24. The molecule has 0 saturated heterocycles. The normalized spacial score (nSPS) is 12.0. The van der Waals surface area contributed by atoms with Crippen molar-refractivity contribution in [1.82, 2.24) is 4.57 Å². The van der Waals surface area contributed by atoms with Crippen molar-refractivity contribution in [2.24, 2.45) is 0 Å². The third kappa shape index (κ3) is 2.07. The molecule has 1 nitrogen and oxygen atoms in total. The Morgan fingerprint density at radius 2 is 1.65 bits per heavy atom. The number of halogens is 3. The smallest absolute Gasteiger partial charge is 0.314 e. The molecule has 3 aromatic rings. The average Bonchev–Trinajstić information content (AvgIpc) is 2.73. The maximum Gasteiger partial charge on any atom is 0.416 e. The van der Waals surface area contributed by atoms with E-state index in [-0.39, 0.29) is 0 Å². The van der Waals surface area contributed by atoms with Gasteiger partial charge >= 0.3 is 6.18 Å². The number of hydrogen-bond acceptors (Lipinski definition) is 0. The highest BCUT2D eigenvalue weighted by molar-refractivity contribution is 5.83. The molecule has 0 N–H and O–H groups in total. The first kappa shape index (κ1) is 12.8. The van der Waals surface area contributed by atoms with E-state index in [0.29, 0.717) is 5.69 Å². The molecule has 20 heavy (non-hydrogen) atoms. The summed E-state index contributed by atoms with van der Waals surface area (Å²) in [4.78, 5) is 0. The molecule has 1 aromatic heterocycles. The summed E-state index contributed by atoms with van der Waals surface area (Å²) >= 11 is 0. The Labute approximate surface area is 114 Å². The zero-order valence-corrected chi connectivity index (χ0v) is 10.8. The zero-order valence-electron chi connectivity index (χ0n) is 10.8. The largest absolute Gasteiger partial charge is 0.416 e. The first-order valence-electron chi connectivity index (χ1n) is 6.21. The van der Waals surface area contributed by atoms with Crippen LogP contribution < -0.4 is 0 Å². The van der Waals surface area contributed by atoms with Gasteiger partial charge in [0, 0.05) is 16.8 Å². The van der Waals surface area contributed by atoms with Gasteiger partial charge in [0.05, 0.1) is 11.1 Å². The fraction of sp³-hybridized carbons (Fsp3) is 0.125. The molecule has 0 aliphatic rings. The second-order valence-electron chi connectivity index (χ2n) is 4.73. The van der Waals surface area contributed by atoms with Crippen molar-refractivity contribution >= 4 is 10.9 Å². The number of para-hydroxylation sites is 1. The number of hydrogen-bond donors (Lipinski definition) is 0. The summed E-state index contributed by atoms with van der Waals surface area (Å²) in [6.07, 6.45) is -4.33. The number of benzene rings is 2. The van der Waals surface area contributed by atoms with Crippen molar-refractivity contribution in [3.63, 3.8) is 0 Å². The minimum absolute atomic E-state index is 0.526. The van der Waals surface area contributed by atoms with Gasteiger partial charge in [-0.2, -0.15) is 13.2 Å². The Kier molecular flexibility index (Phi) is 2.82. The van der Waals surface area contributed by atoms with Crippen LogP contribution in [0.25, 0.3) is 16.6 Å². The number of aryl methyl sites for hydroxylation is 1. The van der Waals surface area contributed by atoms with E-state index >= 15 is 0 Å². The summed E-state index contributed by atoms with van der Waals surface area (Å²) in [5.41, 5.74) is 1.71. The molecule has 0 atom stereocenters. The van der Waals surface area contributed by atoms with E-state index < -0.39 is 11.7 Å². The Morgan fingerprint density at radius 1 is 0.900 bits per heavy atom. The molecule has 0 amide bonds. The molecule has 0 radical (unpaired) electrons. The summed E-state index contributed by atoms with van der Waals surface area (Å²) < 4.78 is 40.3. The lowest BCUT2D eigenvalue weighted by molar-refractivity contribution is -0.137. The Hall–Kier alpha value is -2.23. The summed E-state index contributed by atoms with van der Waals surface area (Å²) in [6, 6.07) is 15.0. The van der Waals surface area contributed by atoms with Gasteiger partial charge in [-0.05, 0) is 37.3 Å². The average molecular weight is 275 g/mol. The predicted octanol–water partition coefficient (Wildman–Crippen LogP) is 4.96. The summed E-state index contributed by atoms with van der Waals surface area (Å²) in [5.74, 6) is 0. The Bertz CT molecular complexity index is 769. The molecular formula is C16H12F3N. The fourth-order valence-electron chi connectivity index (χ4n) is 2.46.